The number of aromatic nitrogens is 2. The summed E-state index contributed by atoms with van der Waals surface area (Å²) >= 11 is 0. The summed E-state index contributed by atoms with van der Waals surface area (Å²) in [4.78, 5) is 4.30. The van der Waals surface area contributed by atoms with E-state index >= 15 is 0 Å². The minimum atomic E-state index is 0.325. The Hall–Kier alpha value is -1.55. The third kappa shape index (κ3) is 1.47. The number of ether oxygens (including phenoxy) is 1. The molecule has 15 heavy (non-hydrogen) atoms. The first-order valence-electron chi connectivity index (χ1n) is 5.11. The zero-order chi connectivity index (χ0) is 10.3. The Morgan fingerprint density at radius 3 is 3.07 bits per heavy atom. The lowest BCUT2D eigenvalue weighted by atomic mass is 10.2. The number of imidazole rings is 1. The Balaban J connectivity index is 1.91. The van der Waals surface area contributed by atoms with Crippen molar-refractivity contribution in [2.75, 3.05) is 13.1 Å². The van der Waals surface area contributed by atoms with Gasteiger partial charge < -0.3 is 14.6 Å². The maximum Gasteiger partial charge on any atom is 0.123 e. The molecule has 2 heterocycles. The van der Waals surface area contributed by atoms with Gasteiger partial charge in [-0.05, 0) is 12.1 Å². The number of nitrogens with zero attached hydrogens (tertiary/aromatic N) is 2. The lowest BCUT2D eigenvalue weighted by molar-refractivity contribution is 0.142. The Labute approximate surface area is 87.9 Å². The van der Waals surface area contributed by atoms with Crippen LogP contribution in [0.25, 0.3) is 11.0 Å². The van der Waals surface area contributed by atoms with Gasteiger partial charge in [0.05, 0.1) is 17.4 Å². The van der Waals surface area contributed by atoms with E-state index in [0.717, 1.165) is 29.9 Å². The first-order valence-corrected chi connectivity index (χ1v) is 5.11. The Bertz CT molecular complexity index is 488. The Morgan fingerprint density at radius 1 is 1.47 bits per heavy atom. The summed E-state index contributed by atoms with van der Waals surface area (Å²) in [5.74, 6) is 0.910. The average molecular weight is 203 g/mol. The van der Waals surface area contributed by atoms with Gasteiger partial charge in [-0.25, -0.2) is 4.98 Å². The molecular formula is C11H13N3O. The molecule has 0 unspecified atom stereocenters. The number of aryl methyl sites for hydroxylation is 1. The highest BCUT2D eigenvalue weighted by Gasteiger charge is 2.18. The van der Waals surface area contributed by atoms with Crippen molar-refractivity contribution in [2.45, 2.75) is 6.10 Å². The maximum absolute atomic E-state index is 5.76. The van der Waals surface area contributed by atoms with Crippen molar-refractivity contribution in [3.05, 3.63) is 24.5 Å². The van der Waals surface area contributed by atoms with Crippen LogP contribution in [0.5, 0.6) is 5.75 Å². The van der Waals surface area contributed by atoms with Gasteiger partial charge >= 0.3 is 0 Å². The molecule has 0 bridgehead atoms. The zero-order valence-corrected chi connectivity index (χ0v) is 8.60. The molecule has 1 aliphatic heterocycles. The third-order valence-corrected chi connectivity index (χ3v) is 2.74. The van der Waals surface area contributed by atoms with Crippen molar-refractivity contribution in [3.63, 3.8) is 0 Å². The molecule has 0 saturated carbocycles. The summed E-state index contributed by atoms with van der Waals surface area (Å²) in [6, 6.07) is 6.04. The van der Waals surface area contributed by atoms with Gasteiger partial charge in [-0.15, -0.1) is 0 Å². The average Bonchev–Trinajstić information content (AvgIpc) is 2.54. The van der Waals surface area contributed by atoms with E-state index in [9.17, 15) is 0 Å². The van der Waals surface area contributed by atoms with Crippen LogP contribution < -0.4 is 10.1 Å². The summed E-state index contributed by atoms with van der Waals surface area (Å²) in [5.41, 5.74) is 2.12. The van der Waals surface area contributed by atoms with Crippen molar-refractivity contribution < 1.29 is 4.74 Å². The number of fused-ring (bicyclic) bond motifs is 1. The molecule has 2 aromatic rings. The fourth-order valence-electron chi connectivity index (χ4n) is 1.73. The Kier molecular flexibility index (Phi) is 1.89. The van der Waals surface area contributed by atoms with Crippen LogP contribution in [0.3, 0.4) is 0 Å². The molecule has 1 aromatic carbocycles. The molecule has 0 radical (unpaired) electrons. The van der Waals surface area contributed by atoms with Gasteiger partial charge in [0.1, 0.15) is 11.9 Å². The molecule has 78 valence electrons. The Morgan fingerprint density at radius 2 is 2.33 bits per heavy atom. The quantitative estimate of drug-likeness (QED) is 0.789. The van der Waals surface area contributed by atoms with E-state index in [-0.39, 0.29) is 0 Å². The topological polar surface area (TPSA) is 39.1 Å². The van der Waals surface area contributed by atoms with Crippen LogP contribution >= 0.6 is 0 Å². The van der Waals surface area contributed by atoms with E-state index in [4.69, 9.17) is 4.74 Å². The van der Waals surface area contributed by atoms with Gasteiger partial charge in [0, 0.05) is 26.2 Å². The molecule has 1 aromatic heterocycles. The van der Waals surface area contributed by atoms with Crippen LogP contribution in [0.4, 0.5) is 0 Å². The van der Waals surface area contributed by atoms with Crippen LogP contribution in [0.2, 0.25) is 0 Å². The smallest absolute Gasteiger partial charge is 0.123 e. The minimum absolute atomic E-state index is 0.325. The van der Waals surface area contributed by atoms with E-state index in [2.05, 4.69) is 10.3 Å². The predicted octanol–water partition coefficient (Wildman–Crippen LogP) is 0.924. The standard InChI is InChI=1S/C11H13N3O/c1-14-7-13-10-4-8(2-3-11(10)14)15-9-5-12-6-9/h2-4,7,9,12H,5-6H2,1H3. The molecular weight excluding hydrogens is 190 g/mol. The van der Waals surface area contributed by atoms with Gasteiger partial charge in [0.25, 0.3) is 0 Å². The molecule has 0 amide bonds. The summed E-state index contributed by atoms with van der Waals surface area (Å²) in [6.07, 6.45) is 2.14. The molecule has 1 aliphatic rings. The highest BCUT2D eigenvalue weighted by Crippen LogP contribution is 2.20. The fraction of sp³-hybridized carbons (Fsp3) is 0.364. The van der Waals surface area contributed by atoms with E-state index in [0.29, 0.717) is 6.10 Å². The molecule has 0 aliphatic carbocycles. The van der Waals surface area contributed by atoms with Gasteiger partial charge in [0.15, 0.2) is 0 Å². The second-order valence-electron chi connectivity index (χ2n) is 3.90. The molecule has 0 spiro atoms. The fourth-order valence-corrected chi connectivity index (χ4v) is 1.73. The SMILES string of the molecule is Cn1cnc2cc(OC3CNC3)ccc21. The normalized spacial score (nSPS) is 16.6. The highest BCUT2D eigenvalue weighted by atomic mass is 16.5. The van der Waals surface area contributed by atoms with Crippen LogP contribution in [0.15, 0.2) is 24.5 Å². The second-order valence-corrected chi connectivity index (χ2v) is 3.90. The second kappa shape index (κ2) is 3.24. The third-order valence-electron chi connectivity index (χ3n) is 2.74. The van der Waals surface area contributed by atoms with E-state index in [1.54, 1.807) is 0 Å². The lowest BCUT2D eigenvalue weighted by Gasteiger charge is -2.27. The van der Waals surface area contributed by atoms with E-state index in [1.807, 2.05) is 36.1 Å². The summed E-state index contributed by atoms with van der Waals surface area (Å²) < 4.78 is 7.76. The van der Waals surface area contributed by atoms with Crippen molar-refractivity contribution in [1.82, 2.24) is 14.9 Å². The van der Waals surface area contributed by atoms with Crippen molar-refractivity contribution in [1.29, 1.82) is 0 Å². The molecule has 1 saturated heterocycles. The molecule has 0 atom stereocenters. The number of hydrogen-bond acceptors (Lipinski definition) is 3. The molecule has 3 rings (SSSR count). The molecule has 4 heteroatoms. The van der Waals surface area contributed by atoms with Gasteiger partial charge in [-0.2, -0.15) is 0 Å². The molecule has 1 N–H and O–H groups in total. The minimum Gasteiger partial charge on any atom is -0.488 e. The summed E-state index contributed by atoms with van der Waals surface area (Å²) in [5, 5.41) is 3.18. The first kappa shape index (κ1) is 8.73. The van der Waals surface area contributed by atoms with Crippen molar-refractivity contribution >= 4 is 11.0 Å². The molecule has 4 nitrogen and oxygen atoms in total. The van der Waals surface area contributed by atoms with Gasteiger partial charge in [-0.1, -0.05) is 0 Å². The van der Waals surface area contributed by atoms with Gasteiger partial charge in [-0.3, -0.25) is 0 Å². The van der Waals surface area contributed by atoms with Crippen LogP contribution in [0.1, 0.15) is 0 Å². The summed E-state index contributed by atoms with van der Waals surface area (Å²) in [7, 11) is 1.99. The van der Waals surface area contributed by atoms with E-state index in [1.165, 1.54) is 0 Å². The van der Waals surface area contributed by atoms with Gasteiger partial charge in [0.2, 0.25) is 0 Å². The zero-order valence-electron chi connectivity index (χ0n) is 8.60. The van der Waals surface area contributed by atoms with Crippen LogP contribution in [-0.4, -0.2) is 28.7 Å². The number of benzene rings is 1. The van der Waals surface area contributed by atoms with Crippen molar-refractivity contribution in [3.8, 4) is 5.75 Å². The lowest BCUT2D eigenvalue weighted by Crippen LogP contribution is -2.50. The monoisotopic (exact) mass is 203 g/mol. The summed E-state index contributed by atoms with van der Waals surface area (Å²) in [6.45, 7) is 1.89. The maximum atomic E-state index is 5.76. The highest BCUT2D eigenvalue weighted by molar-refractivity contribution is 5.76. The van der Waals surface area contributed by atoms with Crippen molar-refractivity contribution in [2.24, 2.45) is 7.05 Å². The van der Waals surface area contributed by atoms with Crippen LogP contribution in [0, 0.1) is 0 Å². The first-order chi connectivity index (χ1) is 7.33. The largest absolute Gasteiger partial charge is 0.488 e. The molecule has 1 fully saturated rings. The number of rotatable bonds is 2. The van der Waals surface area contributed by atoms with Crippen LogP contribution in [-0.2, 0) is 7.05 Å². The van der Waals surface area contributed by atoms with E-state index < -0.39 is 0 Å². The number of hydrogen-bond donors (Lipinski definition) is 1. The number of nitrogens with one attached hydrogen (secondary N) is 1. The predicted molar refractivity (Wildman–Crippen MR) is 58.0 cm³/mol.